The van der Waals surface area contributed by atoms with Crippen LogP contribution in [0.3, 0.4) is 0 Å². The zero-order valence-corrected chi connectivity index (χ0v) is 17.4. The first-order valence-corrected chi connectivity index (χ1v) is 9.58. The fourth-order valence-corrected chi connectivity index (χ4v) is 2.97. The van der Waals surface area contributed by atoms with Gasteiger partial charge in [0.05, 0.1) is 22.8 Å². The van der Waals surface area contributed by atoms with Gasteiger partial charge in [0, 0.05) is 11.7 Å². The van der Waals surface area contributed by atoms with E-state index in [2.05, 4.69) is 20.1 Å². The number of aromatic nitrogens is 3. The number of aryl methyl sites for hydroxylation is 1. The molecule has 0 aliphatic carbocycles. The topological polar surface area (TPSA) is 95.3 Å². The van der Waals surface area contributed by atoms with E-state index in [0.29, 0.717) is 16.7 Å². The molecular weight excluding hydrogens is 410 g/mol. The molecule has 3 aromatic rings. The summed E-state index contributed by atoms with van der Waals surface area (Å²) in [5.41, 5.74) is 1.40. The SMILES string of the molecule is Cc1cc(C(=O)OC(C)C(=O)Nc2ccccc2OC(F)F)c2cnn(C(C)C)c2n1. The minimum absolute atomic E-state index is 0.0379. The van der Waals surface area contributed by atoms with Crippen molar-refractivity contribution in [1.82, 2.24) is 14.8 Å². The second-order valence-electron chi connectivity index (χ2n) is 7.14. The molecule has 164 valence electrons. The largest absolute Gasteiger partial charge is 0.449 e. The van der Waals surface area contributed by atoms with Crippen LogP contribution < -0.4 is 10.1 Å². The highest BCUT2D eigenvalue weighted by Gasteiger charge is 2.24. The molecule has 3 rings (SSSR count). The number of halogens is 2. The number of anilines is 1. The number of para-hydroxylation sites is 2. The van der Waals surface area contributed by atoms with Crippen molar-refractivity contribution < 1.29 is 27.8 Å². The number of nitrogens with one attached hydrogen (secondary N) is 1. The highest BCUT2D eigenvalue weighted by atomic mass is 19.3. The zero-order valence-electron chi connectivity index (χ0n) is 17.4. The molecule has 0 aliphatic heterocycles. The molecule has 2 heterocycles. The van der Waals surface area contributed by atoms with Crippen LogP contribution in [0.2, 0.25) is 0 Å². The second kappa shape index (κ2) is 9.07. The molecule has 0 radical (unpaired) electrons. The van der Waals surface area contributed by atoms with Crippen molar-refractivity contribution in [2.45, 2.75) is 46.5 Å². The van der Waals surface area contributed by atoms with Gasteiger partial charge in [-0.15, -0.1) is 0 Å². The predicted molar refractivity (Wildman–Crippen MR) is 109 cm³/mol. The first kappa shape index (κ1) is 22.1. The molecule has 8 nitrogen and oxygen atoms in total. The Morgan fingerprint density at radius 1 is 1.16 bits per heavy atom. The zero-order chi connectivity index (χ0) is 22.7. The maximum Gasteiger partial charge on any atom is 0.387 e. The second-order valence-corrected chi connectivity index (χ2v) is 7.14. The number of benzene rings is 1. The monoisotopic (exact) mass is 432 g/mol. The fraction of sp³-hybridized carbons (Fsp3) is 0.333. The Morgan fingerprint density at radius 3 is 2.55 bits per heavy atom. The van der Waals surface area contributed by atoms with Crippen molar-refractivity contribution in [2.75, 3.05) is 5.32 Å². The summed E-state index contributed by atoms with van der Waals surface area (Å²) in [6.07, 6.45) is 0.330. The van der Waals surface area contributed by atoms with E-state index in [1.807, 2.05) is 13.8 Å². The average Bonchev–Trinajstić information content (AvgIpc) is 3.12. The third-order valence-electron chi connectivity index (χ3n) is 4.42. The molecule has 1 unspecified atom stereocenters. The number of ether oxygens (including phenoxy) is 2. The lowest BCUT2D eigenvalue weighted by Gasteiger charge is -2.16. The van der Waals surface area contributed by atoms with Crippen LogP contribution >= 0.6 is 0 Å². The lowest BCUT2D eigenvalue weighted by Crippen LogP contribution is -2.30. The van der Waals surface area contributed by atoms with Crippen LogP contribution in [-0.4, -0.2) is 39.4 Å². The Hall–Kier alpha value is -3.56. The Bertz CT molecular complexity index is 1110. The molecular formula is C21H22F2N4O4. The van der Waals surface area contributed by atoms with Crippen molar-refractivity contribution in [3.63, 3.8) is 0 Å². The number of pyridine rings is 1. The Kier molecular flexibility index (Phi) is 6.47. The summed E-state index contributed by atoms with van der Waals surface area (Å²) in [4.78, 5) is 29.7. The van der Waals surface area contributed by atoms with Crippen molar-refractivity contribution in [3.05, 3.63) is 47.8 Å². The van der Waals surface area contributed by atoms with Crippen molar-refractivity contribution in [2.24, 2.45) is 0 Å². The Labute approximate surface area is 177 Å². The van der Waals surface area contributed by atoms with Gasteiger partial charge in [0.1, 0.15) is 5.75 Å². The van der Waals surface area contributed by atoms with Gasteiger partial charge in [0.2, 0.25) is 0 Å². The van der Waals surface area contributed by atoms with E-state index in [1.54, 1.807) is 23.7 Å². The highest BCUT2D eigenvalue weighted by Crippen LogP contribution is 2.26. The number of rotatable bonds is 7. The number of amides is 1. The summed E-state index contributed by atoms with van der Waals surface area (Å²) in [6.45, 7) is 3.96. The van der Waals surface area contributed by atoms with E-state index < -0.39 is 24.6 Å². The Balaban J connectivity index is 1.78. The molecule has 10 heteroatoms. The van der Waals surface area contributed by atoms with Crippen LogP contribution in [0.4, 0.5) is 14.5 Å². The average molecular weight is 432 g/mol. The number of hydrogen-bond acceptors (Lipinski definition) is 6. The number of esters is 1. The third-order valence-corrected chi connectivity index (χ3v) is 4.42. The third kappa shape index (κ3) is 4.96. The van der Waals surface area contributed by atoms with Crippen LogP contribution in [0.5, 0.6) is 5.75 Å². The van der Waals surface area contributed by atoms with Gasteiger partial charge >= 0.3 is 12.6 Å². The van der Waals surface area contributed by atoms with Crippen LogP contribution in [0, 0.1) is 6.92 Å². The van der Waals surface area contributed by atoms with Gasteiger partial charge in [-0.25, -0.2) is 14.5 Å². The lowest BCUT2D eigenvalue weighted by atomic mass is 10.1. The van der Waals surface area contributed by atoms with Crippen molar-refractivity contribution >= 4 is 28.6 Å². The summed E-state index contributed by atoms with van der Waals surface area (Å²) < 4.78 is 36.5. The quantitative estimate of drug-likeness (QED) is 0.565. The molecule has 31 heavy (non-hydrogen) atoms. The number of carbonyl (C=O) groups excluding carboxylic acids is 2. The first-order chi connectivity index (χ1) is 14.7. The molecule has 0 aliphatic rings. The molecule has 1 N–H and O–H groups in total. The van der Waals surface area contributed by atoms with Gasteiger partial charge in [0.15, 0.2) is 11.8 Å². The van der Waals surface area contributed by atoms with Gasteiger partial charge in [0.25, 0.3) is 5.91 Å². The maximum absolute atomic E-state index is 12.8. The van der Waals surface area contributed by atoms with Crippen molar-refractivity contribution in [1.29, 1.82) is 0 Å². The summed E-state index contributed by atoms with van der Waals surface area (Å²) >= 11 is 0. The number of nitrogens with zero attached hydrogens (tertiary/aromatic N) is 3. The molecule has 0 saturated heterocycles. The number of carbonyl (C=O) groups is 2. The molecule has 0 fully saturated rings. The first-order valence-electron chi connectivity index (χ1n) is 9.58. The summed E-state index contributed by atoms with van der Waals surface area (Å²) in [5.74, 6) is -1.62. The van der Waals surface area contributed by atoms with E-state index in [4.69, 9.17) is 4.74 Å². The van der Waals surface area contributed by atoms with E-state index in [0.717, 1.165) is 0 Å². The van der Waals surface area contributed by atoms with Gasteiger partial charge in [-0.05, 0) is 45.9 Å². The van der Waals surface area contributed by atoms with Crippen LogP contribution in [-0.2, 0) is 9.53 Å². The number of hydrogen-bond donors (Lipinski definition) is 1. The van der Waals surface area contributed by atoms with E-state index in [9.17, 15) is 18.4 Å². The summed E-state index contributed by atoms with van der Waals surface area (Å²) in [6, 6.07) is 7.34. The number of alkyl halides is 2. The lowest BCUT2D eigenvalue weighted by molar-refractivity contribution is -0.123. The molecule has 1 atom stereocenters. The highest BCUT2D eigenvalue weighted by molar-refractivity contribution is 6.04. The summed E-state index contributed by atoms with van der Waals surface area (Å²) in [5, 5.41) is 7.22. The standard InChI is InChI=1S/C21H22F2N4O4/c1-11(2)27-18-15(10-24-27)14(9-12(3)25-18)20(29)30-13(4)19(28)26-16-7-5-6-8-17(16)31-21(22)23/h5-11,13,21H,1-4H3,(H,26,28). The normalized spacial score (nSPS) is 12.3. The maximum atomic E-state index is 12.8. The molecule has 1 amide bonds. The molecule has 0 saturated carbocycles. The minimum Gasteiger partial charge on any atom is -0.449 e. The molecule has 1 aromatic carbocycles. The number of fused-ring (bicyclic) bond motifs is 1. The van der Waals surface area contributed by atoms with E-state index >= 15 is 0 Å². The van der Waals surface area contributed by atoms with Gasteiger partial charge in [-0.3, -0.25) is 4.79 Å². The van der Waals surface area contributed by atoms with Crippen LogP contribution in [0.1, 0.15) is 42.9 Å². The smallest absolute Gasteiger partial charge is 0.387 e. The predicted octanol–water partition coefficient (Wildman–Crippen LogP) is 4.11. The van der Waals surface area contributed by atoms with E-state index in [1.165, 1.54) is 31.3 Å². The van der Waals surface area contributed by atoms with Gasteiger partial charge in [-0.2, -0.15) is 13.9 Å². The molecule has 0 spiro atoms. The van der Waals surface area contributed by atoms with Gasteiger partial charge in [-0.1, -0.05) is 12.1 Å². The molecule has 2 aromatic heterocycles. The van der Waals surface area contributed by atoms with Crippen molar-refractivity contribution in [3.8, 4) is 5.75 Å². The fourth-order valence-electron chi connectivity index (χ4n) is 2.97. The van der Waals surface area contributed by atoms with Gasteiger partial charge < -0.3 is 14.8 Å². The molecule has 0 bridgehead atoms. The summed E-state index contributed by atoms with van der Waals surface area (Å²) in [7, 11) is 0. The Morgan fingerprint density at radius 2 is 1.87 bits per heavy atom. The van der Waals surface area contributed by atoms with Crippen LogP contribution in [0.15, 0.2) is 36.5 Å². The van der Waals surface area contributed by atoms with Crippen LogP contribution in [0.25, 0.3) is 11.0 Å². The van der Waals surface area contributed by atoms with E-state index in [-0.39, 0.29) is 23.0 Å². The minimum atomic E-state index is -3.04.